The van der Waals surface area contributed by atoms with Crippen molar-refractivity contribution in [1.29, 1.82) is 0 Å². The number of hydrogen-bond donors (Lipinski definition) is 2. The van der Waals surface area contributed by atoms with Crippen LogP contribution in [0.2, 0.25) is 5.02 Å². The predicted octanol–water partition coefficient (Wildman–Crippen LogP) is 3.38. The molecule has 3 rings (SSSR count). The summed E-state index contributed by atoms with van der Waals surface area (Å²) >= 11 is 7.62. The number of nitrogens with one attached hydrogen (secondary N) is 2. The van der Waals surface area contributed by atoms with Crippen LogP contribution in [0.5, 0.6) is 0 Å². The Kier molecular flexibility index (Phi) is 5.65. The standard InChI is InChI=1S/C17H15ClN4O3S/c1-19-16(24)10-2-3-12(18)13(8-10)20-14(23)4-5-15-21-22-17(25-15)11-6-7-26-9-11/h2-3,6-9H,4-5H2,1H3,(H,19,24)(H,20,23). The van der Waals surface area contributed by atoms with E-state index in [0.717, 1.165) is 5.56 Å². The number of hydrogen-bond acceptors (Lipinski definition) is 6. The summed E-state index contributed by atoms with van der Waals surface area (Å²) in [6, 6.07) is 6.56. The highest BCUT2D eigenvalue weighted by Gasteiger charge is 2.13. The van der Waals surface area contributed by atoms with Crippen LogP contribution in [0.25, 0.3) is 11.5 Å². The van der Waals surface area contributed by atoms with Crippen LogP contribution in [-0.2, 0) is 11.2 Å². The van der Waals surface area contributed by atoms with Gasteiger partial charge in [-0.2, -0.15) is 11.3 Å². The molecule has 0 aliphatic heterocycles. The molecule has 0 spiro atoms. The maximum atomic E-state index is 12.2. The van der Waals surface area contributed by atoms with Crippen molar-refractivity contribution in [3.63, 3.8) is 0 Å². The van der Waals surface area contributed by atoms with Crippen LogP contribution in [0, 0.1) is 0 Å². The number of nitrogens with zero attached hydrogens (tertiary/aromatic N) is 2. The number of anilines is 1. The molecular weight excluding hydrogens is 376 g/mol. The number of carbonyl (C=O) groups is 2. The normalized spacial score (nSPS) is 10.5. The fourth-order valence-corrected chi connectivity index (χ4v) is 2.99. The summed E-state index contributed by atoms with van der Waals surface area (Å²) in [6.07, 6.45) is 0.446. The smallest absolute Gasteiger partial charge is 0.251 e. The van der Waals surface area contributed by atoms with E-state index in [9.17, 15) is 9.59 Å². The Balaban J connectivity index is 1.60. The van der Waals surface area contributed by atoms with Crippen molar-refractivity contribution in [2.45, 2.75) is 12.8 Å². The topological polar surface area (TPSA) is 97.1 Å². The van der Waals surface area contributed by atoms with E-state index in [2.05, 4.69) is 20.8 Å². The zero-order valence-electron chi connectivity index (χ0n) is 13.8. The van der Waals surface area contributed by atoms with Gasteiger partial charge in [-0.15, -0.1) is 10.2 Å². The first-order valence-electron chi connectivity index (χ1n) is 7.73. The predicted molar refractivity (Wildman–Crippen MR) is 99.4 cm³/mol. The molecule has 0 atom stereocenters. The fraction of sp³-hybridized carbons (Fsp3) is 0.176. The van der Waals surface area contributed by atoms with Crippen LogP contribution in [-0.4, -0.2) is 29.1 Å². The third kappa shape index (κ3) is 4.27. The molecule has 26 heavy (non-hydrogen) atoms. The van der Waals surface area contributed by atoms with Crippen LogP contribution in [0.3, 0.4) is 0 Å². The second kappa shape index (κ2) is 8.11. The minimum Gasteiger partial charge on any atom is -0.421 e. The number of aryl methyl sites for hydroxylation is 1. The lowest BCUT2D eigenvalue weighted by molar-refractivity contribution is -0.116. The molecule has 0 aliphatic rings. The van der Waals surface area contributed by atoms with Crippen molar-refractivity contribution in [3.05, 3.63) is 51.5 Å². The third-order valence-electron chi connectivity index (χ3n) is 3.53. The van der Waals surface area contributed by atoms with Gasteiger partial charge in [0.15, 0.2) is 0 Å². The first-order valence-corrected chi connectivity index (χ1v) is 9.05. The number of halogens is 1. The lowest BCUT2D eigenvalue weighted by Gasteiger charge is -2.08. The van der Waals surface area contributed by atoms with Gasteiger partial charge in [0.25, 0.3) is 5.91 Å². The van der Waals surface area contributed by atoms with Gasteiger partial charge in [0.05, 0.1) is 10.7 Å². The summed E-state index contributed by atoms with van der Waals surface area (Å²) in [5, 5.41) is 17.3. The molecule has 0 fully saturated rings. The Bertz CT molecular complexity index is 924. The molecule has 2 aromatic heterocycles. The largest absolute Gasteiger partial charge is 0.421 e. The molecule has 134 valence electrons. The fourth-order valence-electron chi connectivity index (χ4n) is 2.20. The Morgan fingerprint density at radius 2 is 2.12 bits per heavy atom. The first-order chi connectivity index (χ1) is 12.6. The highest BCUT2D eigenvalue weighted by atomic mass is 35.5. The maximum absolute atomic E-state index is 12.2. The van der Waals surface area contributed by atoms with Gasteiger partial charge in [-0.05, 0) is 29.6 Å². The summed E-state index contributed by atoms with van der Waals surface area (Å²) in [5.41, 5.74) is 1.64. The minimum atomic E-state index is -0.267. The molecule has 0 aliphatic carbocycles. The van der Waals surface area contributed by atoms with Gasteiger partial charge < -0.3 is 15.1 Å². The van der Waals surface area contributed by atoms with Gasteiger partial charge in [0, 0.05) is 36.4 Å². The summed E-state index contributed by atoms with van der Waals surface area (Å²) in [7, 11) is 1.53. The van der Waals surface area contributed by atoms with E-state index < -0.39 is 0 Å². The average Bonchev–Trinajstić information content (AvgIpc) is 3.32. The van der Waals surface area contributed by atoms with Crippen molar-refractivity contribution in [2.24, 2.45) is 0 Å². The molecule has 2 amide bonds. The second-order valence-electron chi connectivity index (χ2n) is 5.33. The molecule has 0 unspecified atom stereocenters. The average molecular weight is 391 g/mol. The summed E-state index contributed by atoms with van der Waals surface area (Å²) in [5.74, 6) is 0.287. The van der Waals surface area contributed by atoms with Gasteiger partial charge in [0.2, 0.25) is 17.7 Å². The molecule has 7 nitrogen and oxygen atoms in total. The number of amides is 2. The van der Waals surface area contributed by atoms with Crippen LogP contribution in [0.15, 0.2) is 39.4 Å². The van der Waals surface area contributed by atoms with Crippen molar-refractivity contribution in [3.8, 4) is 11.5 Å². The monoisotopic (exact) mass is 390 g/mol. The Hall–Kier alpha value is -2.71. The van der Waals surface area contributed by atoms with E-state index in [1.807, 2.05) is 16.8 Å². The van der Waals surface area contributed by atoms with E-state index in [1.165, 1.54) is 24.5 Å². The first kappa shape index (κ1) is 18.1. The van der Waals surface area contributed by atoms with Crippen molar-refractivity contribution >= 4 is 40.4 Å². The van der Waals surface area contributed by atoms with E-state index in [1.54, 1.807) is 12.1 Å². The van der Waals surface area contributed by atoms with E-state index in [-0.39, 0.29) is 18.2 Å². The van der Waals surface area contributed by atoms with Gasteiger partial charge in [0.1, 0.15) is 0 Å². The SMILES string of the molecule is CNC(=O)c1ccc(Cl)c(NC(=O)CCc2nnc(-c3ccsc3)o2)c1. The third-order valence-corrected chi connectivity index (χ3v) is 4.54. The molecule has 9 heteroatoms. The van der Waals surface area contributed by atoms with Crippen molar-refractivity contribution in [1.82, 2.24) is 15.5 Å². The molecule has 0 radical (unpaired) electrons. The molecule has 2 heterocycles. The lowest BCUT2D eigenvalue weighted by atomic mass is 10.2. The number of thiophene rings is 1. The number of rotatable bonds is 6. The van der Waals surface area contributed by atoms with Crippen LogP contribution >= 0.6 is 22.9 Å². The number of carbonyl (C=O) groups excluding carboxylic acids is 2. The Labute approximate surface area is 158 Å². The highest BCUT2D eigenvalue weighted by Crippen LogP contribution is 2.24. The van der Waals surface area contributed by atoms with E-state index in [0.29, 0.717) is 34.5 Å². The van der Waals surface area contributed by atoms with Crippen LogP contribution in [0.4, 0.5) is 5.69 Å². The zero-order valence-corrected chi connectivity index (χ0v) is 15.4. The van der Waals surface area contributed by atoms with E-state index >= 15 is 0 Å². The summed E-state index contributed by atoms with van der Waals surface area (Å²) in [6.45, 7) is 0. The quantitative estimate of drug-likeness (QED) is 0.672. The minimum absolute atomic E-state index is 0.145. The maximum Gasteiger partial charge on any atom is 0.251 e. The highest BCUT2D eigenvalue weighted by molar-refractivity contribution is 7.08. The molecule has 0 bridgehead atoms. The second-order valence-corrected chi connectivity index (χ2v) is 6.52. The molecule has 1 aromatic carbocycles. The number of benzene rings is 1. The van der Waals surface area contributed by atoms with Gasteiger partial charge in [-0.1, -0.05) is 11.6 Å². The van der Waals surface area contributed by atoms with Crippen LogP contribution in [0.1, 0.15) is 22.7 Å². The Morgan fingerprint density at radius 1 is 1.27 bits per heavy atom. The lowest BCUT2D eigenvalue weighted by Crippen LogP contribution is -2.18. The summed E-state index contributed by atoms with van der Waals surface area (Å²) < 4.78 is 5.54. The van der Waals surface area contributed by atoms with Gasteiger partial charge >= 0.3 is 0 Å². The Morgan fingerprint density at radius 3 is 2.85 bits per heavy atom. The zero-order chi connectivity index (χ0) is 18.5. The van der Waals surface area contributed by atoms with Crippen LogP contribution < -0.4 is 10.6 Å². The molecule has 0 saturated heterocycles. The van der Waals surface area contributed by atoms with Gasteiger partial charge in [-0.3, -0.25) is 9.59 Å². The van der Waals surface area contributed by atoms with E-state index in [4.69, 9.17) is 16.0 Å². The molecule has 2 N–H and O–H groups in total. The molecule has 3 aromatic rings. The van der Waals surface area contributed by atoms with Crippen molar-refractivity contribution in [2.75, 3.05) is 12.4 Å². The summed E-state index contributed by atoms with van der Waals surface area (Å²) in [4.78, 5) is 23.8. The molecule has 0 saturated carbocycles. The number of aromatic nitrogens is 2. The molecular formula is C17H15ClN4O3S. The van der Waals surface area contributed by atoms with Crippen molar-refractivity contribution < 1.29 is 14.0 Å². The van der Waals surface area contributed by atoms with Gasteiger partial charge in [-0.25, -0.2) is 0 Å².